The van der Waals surface area contributed by atoms with Crippen LogP contribution in [0.4, 0.5) is 0 Å². The normalized spacial score (nSPS) is 10.5. The van der Waals surface area contributed by atoms with E-state index in [2.05, 4.69) is 6.07 Å². The quantitative estimate of drug-likeness (QED) is 0.729. The number of hydrogen-bond donors (Lipinski definition) is 0. The highest BCUT2D eigenvalue weighted by atomic mass is 32.1. The molecule has 0 aliphatic heterocycles. The number of nitrogens with zero attached hydrogens (tertiary/aromatic N) is 2. The topological polar surface area (TPSA) is 55.1 Å². The van der Waals surface area contributed by atoms with Crippen molar-refractivity contribution in [2.24, 2.45) is 0 Å². The molecular formula is C17H14N2O2S. The number of rotatable bonds is 3. The van der Waals surface area contributed by atoms with Crippen LogP contribution in [0.5, 0.6) is 11.5 Å². The number of thiazole rings is 1. The molecule has 0 spiro atoms. The van der Waals surface area contributed by atoms with Gasteiger partial charge >= 0.3 is 0 Å². The molecule has 0 atom stereocenters. The first kappa shape index (κ1) is 14.4. The van der Waals surface area contributed by atoms with E-state index in [1.54, 1.807) is 25.6 Å². The third-order valence-corrected chi connectivity index (χ3v) is 4.61. The third kappa shape index (κ3) is 2.28. The highest BCUT2D eigenvalue weighted by molar-refractivity contribution is 7.21. The Labute approximate surface area is 132 Å². The summed E-state index contributed by atoms with van der Waals surface area (Å²) in [5.41, 5.74) is 3.28. The second kappa shape index (κ2) is 5.66. The van der Waals surface area contributed by atoms with Crippen LogP contribution in [0.2, 0.25) is 0 Å². The second-order valence-electron chi connectivity index (χ2n) is 4.78. The van der Waals surface area contributed by atoms with Crippen molar-refractivity contribution in [1.29, 1.82) is 5.26 Å². The van der Waals surface area contributed by atoms with E-state index < -0.39 is 0 Å². The molecule has 3 aromatic rings. The SMILES string of the molecule is COc1ccc(-c2nc3c(C)c(C#N)c(OC)cc3s2)cc1. The predicted molar refractivity (Wildman–Crippen MR) is 87.6 cm³/mol. The minimum atomic E-state index is 0.543. The molecule has 0 bridgehead atoms. The number of nitriles is 1. The van der Waals surface area contributed by atoms with Gasteiger partial charge in [-0.05, 0) is 36.8 Å². The summed E-state index contributed by atoms with van der Waals surface area (Å²) in [5, 5.41) is 10.2. The Balaban J connectivity index is 2.17. The summed E-state index contributed by atoms with van der Waals surface area (Å²) in [6.07, 6.45) is 0. The lowest BCUT2D eigenvalue weighted by molar-refractivity contribution is 0.414. The van der Waals surface area contributed by atoms with Crippen molar-refractivity contribution in [3.63, 3.8) is 0 Å². The molecule has 0 amide bonds. The Morgan fingerprint density at radius 3 is 2.45 bits per heavy atom. The monoisotopic (exact) mass is 310 g/mol. The van der Waals surface area contributed by atoms with Gasteiger partial charge in [-0.3, -0.25) is 0 Å². The van der Waals surface area contributed by atoms with E-state index in [1.165, 1.54) is 0 Å². The van der Waals surface area contributed by atoms with Crippen LogP contribution in [-0.4, -0.2) is 19.2 Å². The number of ether oxygens (including phenoxy) is 2. The molecule has 0 aliphatic carbocycles. The Morgan fingerprint density at radius 2 is 1.86 bits per heavy atom. The fourth-order valence-corrected chi connectivity index (χ4v) is 3.41. The van der Waals surface area contributed by atoms with Gasteiger partial charge in [-0.1, -0.05) is 0 Å². The molecule has 0 saturated carbocycles. The summed E-state index contributed by atoms with van der Waals surface area (Å²) in [4.78, 5) is 4.69. The maximum atomic E-state index is 9.30. The van der Waals surface area contributed by atoms with Crippen molar-refractivity contribution in [2.45, 2.75) is 6.92 Å². The summed E-state index contributed by atoms with van der Waals surface area (Å²) >= 11 is 1.59. The summed E-state index contributed by atoms with van der Waals surface area (Å²) in [7, 11) is 3.22. The van der Waals surface area contributed by atoms with E-state index in [0.717, 1.165) is 32.1 Å². The first-order valence-corrected chi connectivity index (χ1v) is 7.52. The first-order chi connectivity index (χ1) is 10.7. The molecule has 0 saturated heterocycles. The van der Waals surface area contributed by atoms with Crippen LogP contribution in [0.3, 0.4) is 0 Å². The molecule has 0 fully saturated rings. The van der Waals surface area contributed by atoms with Gasteiger partial charge in [0.05, 0.1) is 30.0 Å². The smallest absolute Gasteiger partial charge is 0.138 e. The molecule has 0 unspecified atom stereocenters. The van der Waals surface area contributed by atoms with Crippen LogP contribution in [0, 0.1) is 18.3 Å². The lowest BCUT2D eigenvalue weighted by Crippen LogP contribution is -1.91. The molecule has 3 rings (SSSR count). The second-order valence-corrected chi connectivity index (χ2v) is 5.82. The third-order valence-electron chi connectivity index (χ3n) is 3.56. The van der Waals surface area contributed by atoms with Gasteiger partial charge in [-0.25, -0.2) is 4.98 Å². The van der Waals surface area contributed by atoms with Gasteiger partial charge in [-0.15, -0.1) is 11.3 Å². The van der Waals surface area contributed by atoms with Gasteiger partial charge in [0.1, 0.15) is 22.6 Å². The van der Waals surface area contributed by atoms with Crippen LogP contribution in [0.25, 0.3) is 20.8 Å². The predicted octanol–water partition coefficient (Wildman–Crippen LogP) is 4.16. The molecule has 4 nitrogen and oxygen atoms in total. The largest absolute Gasteiger partial charge is 0.497 e. The van der Waals surface area contributed by atoms with Crippen molar-refractivity contribution in [3.8, 4) is 28.1 Å². The number of methoxy groups -OCH3 is 2. The molecule has 5 heteroatoms. The maximum Gasteiger partial charge on any atom is 0.138 e. The van der Waals surface area contributed by atoms with E-state index in [4.69, 9.17) is 14.5 Å². The van der Waals surface area contributed by atoms with Gasteiger partial charge in [0.25, 0.3) is 0 Å². The first-order valence-electron chi connectivity index (χ1n) is 6.70. The van der Waals surface area contributed by atoms with Crippen molar-refractivity contribution in [3.05, 3.63) is 41.5 Å². The fourth-order valence-electron chi connectivity index (χ4n) is 2.35. The lowest BCUT2D eigenvalue weighted by Gasteiger charge is -2.05. The molecule has 22 heavy (non-hydrogen) atoms. The molecular weight excluding hydrogens is 296 g/mol. The minimum Gasteiger partial charge on any atom is -0.497 e. The number of benzene rings is 2. The molecule has 1 aromatic heterocycles. The summed E-state index contributed by atoms with van der Waals surface area (Å²) in [5.74, 6) is 1.41. The van der Waals surface area contributed by atoms with Crippen LogP contribution < -0.4 is 9.47 Å². The van der Waals surface area contributed by atoms with E-state index in [0.29, 0.717) is 11.3 Å². The van der Waals surface area contributed by atoms with Crippen molar-refractivity contribution < 1.29 is 9.47 Å². The van der Waals surface area contributed by atoms with Crippen LogP contribution >= 0.6 is 11.3 Å². The average Bonchev–Trinajstić information content (AvgIpc) is 2.99. The zero-order valence-electron chi connectivity index (χ0n) is 12.5. The van der Waals surface area contributed by atoms with Crippen molar-refractivity contribution >= 4 is 21.6 Å². The number of aryl methyl sites for hydroxylation is 1. The zero-order valence-corrected chi connectivity index (χ0v) is 13.3. The standard InChI is InChI=1S/C17H14N2O2S/c1-10-13(9-18)14(21-3)8-15-16(10)19-17(22-15)11-4-6-12(20-2)7-5-11/h4-8H,1-3H3. The molecule has 1 heterocycles. The minimum absolute atomic E-state index is 0.543. The lowest BCUT2D eigenvalue weighted by atomic mass is 10.1. The Hall–Kier alpha value is -2.58. The summed E-state index contributed by atoms with van der Waals surface area (Å²) < 4.78 is 11.5. The molecule has 0 N–H and O–H groups in total. The van der Waals surface area contributed by atoms with Gasteiger partial charge < -0.3 is 9.47 Å². The van der Waals surface area contributed by atoms with Gasteiger partial charge in [0.2, 0.25) is 0 Å². The maximum absolute atomic E-state index is 9.30. The molecule has 110 valence electrons. The highest BCUT2D eigenvalue weighted by Crippen LogP contribution is 2.37. The van der Waals surface area contributed by atoms with Crippen LogP contribution in [0.1, 0.15) is 11.1 Å². The van der Waals surface area contributed by atoms with Crippen molar-refractivity contribution in [1.82, 2.24) is 4.98 Å². The molecule has 0 radical (unpaired) electrons. The van der Waals surface area contributed by atoms with Gasteiger partial charge in [-0.2, -0.15) is 5.26 Å². The van der Waals surface area contributed by atoms with Gasteiger partial charge in [0, 0.05) is 11.6 Å². The van der Waals surface area contributed by atoms with Crippen LogP contribution in [0.15, 0.2) is 30.3 Å². The van der Waals surface area contributed by atoms with Crippen molar-refractivity contribution in [2.75, 3.05) is 14.2 Å². The average molecular weight is 310 g/mol. The summed E-state index contributed by atoms with van der Waals surface area (Å²) in [6.45, 7) is 1.90. The Morgan fingerprint density at radius 1 is 1.14 bits per heavy atom. The van der Waals surface area contributed by atoms with E-state index in [-0.39, 0.29) is 0 Å². The number of fused-ring (bicyclic) bond motifs is 1. The van der Waals surface area contributed by atoms with E-state index in [9.17, 15) is 5.26 Å². The summed E-state index contributed by atoms with van der Waals surface area (Å²) in [6, 6.07) is 11.9. The van der Waals surface area contributed by atoms with E-state index in [1.807, 2.05) is 37.3 Å². The van der Waals surface area contributed by atoms with Gasteiger partial charge in [0.15, 0.2) is 0 Å². The number of hydrogen-bond acceptors (Lipinski definition) is 5. The Kier molecular flexibility index (Phi) is 3.70. The fraction of sp³-hybridized carbons (Fsp3) is 0.176. The Bertz CT molecular complexity index is 876. The molecule has 0 aliphatic rings. The van der Waals surface area contributed by atoms with E-state index >= 15 is 0 Å². The van der Waals surface area contributed by atoms with Crippen LogP contribution in [-0.2, 0) is 0 Å². The highest BCUT2D eigenvalue weighted by Gasteiger charge is 2.15. The number of aromatic nitrogens is 1. The molecule has 2 aromatic carbocycles. The zero-order chi connectivity index (χ0) is 15.7.